The third-order valence-electron chi connectivity index (χ3n) is 4.91. The van der Waals surface area contributed by atoms with Crippen molar-refractivity contribution < 1.29 is 9.90 Å². The van der Waals surface area contributed by atoms with Crippen molar-refractivity contribution in [2.75, 3.05) is 31.9 Å². The van der Waals surface area contributed by atoms with Gasteiger partial charge in [-0.15, -0.1) is 11.8 Å². The highest BCUT2D eigenvalue weighted by Crippen LogP contribution is 2.22. The fourth-order valence-electron chi connectivity index (χ4n) is 3.24. The highest BCUT2D eigenvalue weighted by atomic mass is 32.2. The van der Waals surface area contributed by atoms with Crippen LogP contribution in [-0.2, 0) is 0 Å². The van der Waals surface area contributed by atoms with Gasteiger partial charge in [-0.25, -0.2) is 0 Å². The Hall–Kier alpha value is -1.98. The quantitative estimate of drug-likeness (QED) is 0.787. The van der Waals surface area contributed by atoms with Crippen LogP contribution < -0.4 is 0 Å². The molecule has 2 aromatic carbocycles. The zero-order valence-electron chi connectivity index (χ0n) is 15.2. The Morgan fingerprint density at radius 1 is 1.04 bits per heavy atom. The molecular formula is C21H26N2O2S. The van der Waals surface area contributed by atoms with Gasteiger partial charge in [-0.2, -0.15) is 0 Å². The van der Waals surface area contributed by atoms with Crippen molar-refractivity contribution in [1.29, 1.82) is 0 Å². The van der Waals surface area contributed by atoms with Crippen molar-refractivity contribution in [2.24, 2.45) is 0 Å². The molecule has 0 saturated carbocycles. The summed E-state index contributed by atoms with van der Waals surface area (Å²) >= 11 is 1.90. The molecule has 3 rings (SSSR count). The zero-order chi connectivity index (χ0) is 18.4. The Morgan fingerprint density at radius 2 is 1.69 bits per heavy atom. The third kappa shape index (κ3) is 4.80. The minimum absolute atomic E-state index is 0.0613. The fraction of sp³-hybridized carbons (Fsp3) is 0.381. The lowest BCUT2D eigenvalue weighted by Crippen LogP contribution is -2.51. The van der Waals surface area contributed by atoms with E-state index in [1.54, 1.807) is 24.3 Å². The van der Waals surface area contributed by atoms with Crippen molar-refractivity contribution >= 4 is 17.7 Å². The minimum atomic E-state index is -0.0740. The van der Waals surface area contributed by atoms with Crippen LogP contribution in [0.2, 0.25) is 0 Å². The van der Waals surface area contributed by atoms with Crippen LogP contribution in [0, 0.1) is 0 Å². The van der Waals surface area contributed by atoms with Gasteiger partial charge in [-0.3, -0.25) is 9.69 Å². The number of nitrogens with zero attached hydrogens (tertiary/aromatic N) is 2. The van der Waals surface area contributed by atoms with E-state index in [-0.39, 0.29) is 11.7 Å². The molecule has 0 bridgehead atoms. The molecule has 26 heavy (non-hydrogen) atoms. The predicted molar refractivity (Wildman–Crippen MR) is 107 cm³/mol. The molecule has 1 heterocycles. The molecule has 0 radical (unpaired) electrons. The van der Waals surface area contributed by atoms with E-state index in [2.05, 4.69) is 36.1 Å². The largest absolute Gasteiger partial charge is 0.507 e. The molecule has 0 spiro atoms. The number of aromatic hydroxyl groups is 1. The van der Waals surface area contributed by atoms with E-state index in [1.165, 1.54) is 4.90 Å². The minimum Gasteiger partial charge on any atom is -0.507 e. The van der Waals surface area contributed by atoms with Crippen LogP contribution in [0.15, 0.2) is 59.5 Å². The Balaban J connectivity index is 1.44. The van der Waals surface area contributed by atoms with Gasteiger partial charge in [0.2, 0.25) is 0 Å². The third-order valence-corrected chi connectivity index (χ3v) is 5.95. The van der Waals surface area contributed by atoms with Gasteiger partial charge in [0.1, 0.15) is 5.75 Å². The van der Waals surface area contributed by atoms with Gasteiger partial charge in [0.15, 0.2) is 0 Å². The van der Waals surface area contributed by atoms with Crippen molar-refractivity contribution in [3.63, 3.8) is 0 Å². The molecule has 0 aliphatic carbocycles. The molecule has 1 amide bonds. The summed E-state index contributed by atoms with van der Waals surface area (Å²) < 4.78 is 0. The van der Waals surface area contributed by atoms with Crippen LogP contribution in [0.25, 0.3) is 0 Å². The molecule has 1 aliphatic heterocycles. The van der Waals surface area contributed by atoms with Crippen molar-refractivity contribution in [3.05, 3.63) is 60.2 Å². The van der Waals surface area contributed by atoms with Crippen LogP contribution >= 0.6 is 11.8 Å². The number of benzene rings is 2. The lowest BCUT2D eigenvalue weighted by Gasteiger charge is -2.38. The molecular weight excluding hydrogens is 344 g/mol. The topological polar surface area (TPSA) is 43.8 Å². The van der Waals surface area contributed by atoms with Gasteiger partial charge in [0, 0.05) is 37.1 Å². The molecule has 138 valence electrons. The van der Waals surface area contributed by atoms with Gasteiger partial charge in [-0.1, -0.05) is 30.3 Å². The number of phenols is 1. The van der Waals surface area contributed by atoms with Crippen LogP contribution in [0.5, 0.6) is 5.75 Å². The summed E-state index contributed by atoms with van der Waals surface area (Å²) in [5.41, 5.74) is 0.397. The summed E-state index contributed by atoms with van der Waals surface area (Å²) in [6.07, 6.45) is 1.13. The van der Waals surface area contributed by atoms with Gasteiger partial charge in [0.25, 0.3) is 5.91 Å². The molecule has 0 aromatic heterocycles. The molecule has 2 aromatic rings. The lowest BCUT2D eigenvalue weighted by molar-refractivity contribution is 0.0578. The zero-order valence-corrected chi connectivity index (χ0v) is 16.0. The smallest absolute Gasteiger partial charge is 0.257 e. The number of hydrogen-bond donors (Lipinski definition) is 1. The van der Waals surface area contributed by atoms with E-state index in [0.717, 1.165) is 25.3 Å². The number of hydrogen-bond acceptors (Lipinski definition) is 4. The average molecular weight is 371 g/mol. The Bertz CT molecular complexity index is 715. The summed E-state index contributed by atoms with van der Waals surface area (Å²) in [5.74, 6) is 1.09. The van der Waals surface area contributed by atoms with Gasteiger partial charge in [0.05, 0.1) is 5.56 Å². The maximum atomic E-state index is 12.6. The van der Waals surface area contributed by atoms with E-state index in [1.807, 2.05) is 22.7 Å². The highest BCUT2D eigenvalue weighted by molar-refractivity contribution is 7.99. The molecule has 4 nitrogen and oxygen atoms in total. The Morgan fingerprint density at radius 3 is 2.38 bits per heavy atom. The lowest BCUT2D eigenvalue weighted by atomic mass is 10.1. The number of carbonyl (C=O) groups excluding carboxylic acids is 1. The molecule has 1 atom stereocenters. The van der Waals surface area contributed by atoms with Crippen molar-refractivity contribution in [1.82, 2.24) is 9.80 Å². The number of amides is 1. The average Bonchev–Trinajstić information content (AvgIpc) is 2.69. The van der Waals surface area contributed by atoms with Gasteiger partial charge >= 0.3 is 0 Å². The first-order valence-corrected chi connectivity index (χ1v) is 10.1. The van der Waals surface area contributed by atoms with E-state index < -0.39 is 0 Å². The molecule has 1 aliphatic rings. The second kappa shape index (κ2) is 9.10. The van der Waals surface area contributed by atoms with Gasteiger partial charge < -0.3 is 10.0 Å². The maximum Gasteiger partial charge on any atom is 0.257 e. The summed E-state index contributed by atoms with van der Waals surface area (Å²) in [6.45, 7) is 5.46. The maximum absolute atomic E-state index is 12.6. The second-order valence-corrected chi connectivity index (χ2v) is 7.81. The normalized spacial score (nSPS) is 16.4. The van der Waals surface area contributed by atoms with Gasteiger partial charge in [-0.05, 0) is 43.4 Å². The van der Waals surface area contributed by atoms with Crippen molar-refractivity contribution in [2.45, 2.75) is 24.3 Å². The first-order chi connectivity index (χ1) is 12.6. The van der Waals surface area contributed by atoms with E-state index >= 15 is 0 Å². The number of rotatable bonds is 6. The summed E-state index contributed by atoms with van der Waals surface area (Å²) in [4.78, 5) is 18.2. The number of phenolic OH excluding ortho intramolecular Hbond substituents is 1. The highest BCUT2D eigenvalue weighted by Gasteiger charge is 2.25. The second-order valence-electron chi connectivity index (χ2n) is 6.64. The van der Waals surface area contributed by atoms with Crippen LogP contribution in [0.4, 0.5) is 0 Å². The number of piperazine rings is 1. The summed E-state index contributed by atoms with van der Waals surface area (Å²) in [5, 5.41) is 9.88. The molecule has 1 saturated heterocycles. The van der Waals surface area contributed by atoms with E-state index in [0.29, 0.717) is 24.7 Å². The Kier molecular flexibility index (Phi) is 6.58. The fourth-order valence-corrected chi connectivity index (χ4v) is 4.28. The summed E-state index contributed by atoms with van der Waals surface area (Å²) in [7, 11) is 0. The number of thioether (sulfide) groups is 1. The Labute approximate surface area is 159 Å². The monoisotopic (exact) mass is 370 g/mol. The van der Waals surface area contributed by atoms with E-state index in [4.69, 9.17) is 0 Å². The first kappa shape index (κ1) is 18.8. The van der Waals surface area contributed by atoms with Crippen LogP contribution in [-0.4, -0.2) is 58.8 Å². The van der Waals surface area contributed by atoms with E-state index in [9.17, 15) is 9.90 Å². The predicted octanol–water partition coefficient (Wildman–Crippen LogP) is 3.72. The van der Waals surface area contributed by atoms with Crippen LogP contribution in [0.1, 0.15) is 23.7 Å². The SMILES string of the molecule is C[C@H](CCSc1ccccc1)N1CCN(C(=O)c2ccccc2O)CC1. The first-order valence-electron chi connectivity index (χ1n) is 9.14. The van der Waals surface area contributed by atoms with Crippen LogP contribution in [0.3, 0.4) is 0 Å². The molecule has 1 N–H and O–H groups in total. The standard InChI is InChI=1S/C21H26N2O2S/c1-17(11-16-26-18-7-3-2-4-8-18)22-12-14-23(15-13-22)21(25)19-9-5-6-10-20(19)24/h2-10,17,24H,11-16H2,1H3/t17-/m1/s1. The molecule has 5 heteroatoms. The number of para-hydroxylation sites is 1. The number of carbonyl (C=O) groups is 1. The molecule has 1 fully saturated rings. The molecule has 0 unspecified atom stereocenters. The summed E-state index contributed by atoms with van der Waals surface area (Å²) in [6, 6.07) is 17.8. The van der Waals surface area contributed by atoms with Crippen molar-refractivity contribution in [3.8, 4) is 5.75 Å².